The van der Waals surface area contributed by atoms with Gasteiger partial charge in [-0.1, -0.05) is 42.5 Å². The molecule has 2 aromatic carbocycles. The summed E-state index contributed by atoms with van der Waals surface area (Å²) in [7, 11) is 0. The minimum atomic E-state index is -0.313. The molecule has 2 aromatic heterocycles. The Morgan fingerprint density at radius 3 is 2.73 bits per heavy atom. The van der Waals surface area contributed by atoms with Gasteiger partial charge in [0.1, 0.15) is 11.5 Å². The number of hydrogen-bond acceptors (Lipinski definition) is 2. The van der Waals surface area contributed by atoms with Gasteiger partial charge in [-0.25, -0.2) is 9.37 Å². The normalized spacial score (nSPS) is 12.1. The lowest BCUT2D eigenvalue weighted by atomic mass is 9.92. The number of pyridine rings is 1. The quantitative estimate of drug-likeness (QED) is 0.489. The van der Waals surface area contributed by atoms with Gasteiger partial charge in [0.05, 0.1) is 5.69 Å². The number of rotatable bonds is 7. The molecular weight excluding hydrogens is 377 g/mol. The summed E-state index contributed by atoms with van der Waals surface area (Å²) >= 11 is 0. The minimum Gasteiger partial charge on any atom is -0.356 e. The van der Waals surface area contributed by atoms with Crippen molar-refractivity contribution in [3.63, 3.8) is 0 Å². The molecule has 0 radical (unpaired) electrons. The average Bonchev–Trinajstić information content (AvgIpc) is 3.15. The molecule has 1 N–H and O–H groups in total. The van der Waals surface area contributed by atoms with Crippen molar-refractivity contribution in [3.05, 3.63) is 107 Å². The van der Waals surface area contributed by atoms with Crippen molar-refractivity contribution in [1.82, 2.24) is 14.7 Å². The largest absolute Gasteiger partial charge is 0.356 e. The molecule has 0 spiro atoms. The summed E-state index contributed by atoms with van der Waals surface area (Å²) in [6.45, 7) is 2.57. The van der Waals surface area contributed by atoms with Crippen LogP contribution in [0.15, 0.2) is 79.1 Å². The standard InChI is InChI=1S/C25H24FN3O/c1-18-11-13-29-23(17-28-24(29)14-18)22(20-8-5-9-21(26)15-20)16-25(30)27-12-10-19-6-3-2-4-7-19/h2-9,11,13-15,17,22H,10,12,16H2,1H3,(H,27,30). The number of fused-ring (bicyclic) bond motifs is 1. The summed E-state index contributed by atoms with van der Waals surface area (Å²) in [5, 5.41) is 3.00. The summed E-state index contributed by atoms with van der Waals surface area (Å²) in [6, 6.07) is 20.5. The van der Waals surface area contributed by atoms with Gasteiger partial charge in [-0.05, 0) is 54.3 Å². The van der Waals surface area contributed by atoms with E-state index in [1.165, 1.54) is 17.7 Å². The van der Waals surface area contributed by atoms with Crippen molar-refractivity contribution < 1.29 is 9.18 Å². The summed E-state index contributed by atoms with van der Waals surface area (Å²) in [4.78, 5) is 17.2. The molecule has 1 atom stereocenters. The molecule has 0 saturated heterocycles. The van der Waals surface area contributed by atoms with E-state index in [4.69, 9.17) is 0 Å². The SMILES string of the molecule is Cc1ccn2c(C(CC(=O)NCCc3ccccc3)c3cccc(F)c3)cnc2c1. The molecule has 0 aliphatic carbocycles. The van der Waals surface area contributed by atoms with Gasteiger partial charge in [0.2, 0.25) is 5.91 Å². The summed E-state index contributed by atoms with van der Waals surface area (Å²) < 4.78 is 15.9. The van der Waals surface area contributed by atoms with E-state index in [1.54, 1.807) is 12.3 Å². The van der Waals surface area contributed by atoms with Crippen LogP contribution in [0.4, 0.5) is 4.39 Å². The highest BCUT2D eigenvalue weighted by molar-refractivity contribution is 5.77. The molecule has 1 amide bonds. The summed E-state index contributed by atoms with van der Waals surface area (Å²) in [5.41, 5.74) is 4.73. The number of aryl methyl sites for hydroxylation is 1. The van der Waals surface area contributed by atoms with Crippen molar-refractivity contribution in [2.75, 3.05) is 6.54 Å². The third-order valence-corrected chi connectivity index (χ3v) is 5.27. The molecule has 0 aliphatic heterocycles. The molecule has 5 heteroatoms. The first kappa shape index (κ1) is 19.8. The first-order valence-electron chi connectivity index (χ1n) is 10.1. The fraction of sp³-hybridized carbons (Fsp3) is 0.200. The predicted molar refractivity (Wildman–Crippen MR) is 116 cm³/mol. The van der Waals surface area contributed by atoms with E-state index < -0.39 is 0 Å². The molecular formula is C25H24FN3O. The number of nitrogens with zero attached hydrogens (tertiary/aromatic N) is 2. The Balaban J connectivity index is 1.55. The fourth-order valence-corrected chi connectivity index (χ4v) is 3.72. The van der Waals surface area contributed by atoms with Crippen LogP contribution in [0.2, 0.25) is 0 Å². The van der Waals surface area contributed by atoms with Crippen LogP contribution in [0.25, 0.3) is 5.65 Å². The lowest BCUT2D eigenvalue weighted by Gasteiger charge is -2.17. The van der Waals surface area contributed by atoms with Gasteiger partial charge in [0.25, 0.3) is 0 Å². The number of imidazole rings is 1. The highest BCUT2D eigenvalue weighted by Gasteiger charge is 2.22. The average molecular weight is 401 g/mol. The van der Waals surface area contributed by atoms with Crippen molar-refractivity contribution in [2.45, 2.75) is 25.7 Å². The number of benzene rings is 2. The first-order valence-corrected chi connectivity index (χ1v) is 10.1. The molecule has 30 heavy (non-hydrogen) atoms. The Hall–Kier alpha value is -3.47. The Labute approximate surface area is 175 Å². The van der Waals surface area contributed by atoms with E-state index in [2.05, 4.69) is 10.3 Å². The van der Waals surface area contributed by atoms with E-state index in [-0.39, 0.29) is 24.1 Å². The molecule has 1 unspecified atom stereocenters. The molecule has 4 aromatic rings. The van der Waals surface area contributed by atoms with Gasteiger partial charge in [-0.15, -0.1) is 0 Å². The van der Waals surface area contributed by atoms with Crippen molar-refractivity contribution >= 4 is 11.6 Å². The second kappa shape index (κ2) is 8.91. The molecule has 2 heterocycles. The van der Waals surface area contributed by atoms with Crippen LogP contribution < -0.4 is 5.32 Å². The van der Waals surface area contributed by atoms with Crippen LogP contribution in [0.1, 0.15) is 34.7 Å². The zero-order valence-electron chi connectivity index (χ0n) is 16.9. The molecule has 0 bridgehead atoms. The molecule has 4 nitrogen and oxygen atoms in total. The number of carbonyl (C=O) groups is 1. The molecule has 4 rings (SSSR count). The first-order chi connectivity index (χ1) is 14.6. The van der Waals surface area contributed by atoms with Crippen molar-refractivity contribution in [2.24, 2.45) is 0 Å². The van der Waals surface area contributed by atoms with Gasteiger partial charge in [0.15, 0.2) is 0 Å². The van der Waals surface area contributed by atoms with Crippen molar-refractivity contribution in [3.8, 4) is 0 Å². The lowest BCUT2D eigenvalue weighted by Crippen LogP contribution is -2.27. The Kier molecular flexibility index (Phi) is 5.89. The third-order valence-electron chi connectivity index (χ3n) is 5.27. The third kappa shape index (κ3) is 4.57. The van der Waals surface area contributed by atoms with Crippen LogP contribution in [0.5, 0.6) is 0 Å². The summed E-state index contributed by atoms with van der Waals surface area (Å²) in [6.07, 6.45) is 4.72. The molecule has 0 fully saturated rings. The smallest absolute Gasteiger partial charge is 0.221 e. The van der Waals surface area contributed by atoms with Gasteiger partial charge in [0, 0.05) is 31.3 Å². The second-order valence-electron chi connectivity index (χ2n) is 7.51. The number of aromatic nitrogens is 2. The van der Waals surface area contributed by atoms with Gasteiger partial charge in [-0.3, -0.25) is 4.79 Å². The molecule has 0 aliphatic rings. The van der Waals surface area contributed by atoms with E-state index in [0.29, 0.717) is 6.54 Å². The topological polar surface area (TPSA) is 46.4 Å². The fourth-order valence-electron chi connectivity index (χ4n) is 3.72. The number of amides is 1. The Bertz CT molecular complexity index is 1150. The van der Waals surface area contributed by atoms with Crippen molar-refractivity contribution in [1.29, 1.82) is 0 Å². The Morgan fingerprint density at radius 1 is 1.10 bits per heavy atom. The van der Waals surface area contributed by atoms with Crippen LogP contribution >= 0.6 is 0 Å². The zero-order valence-corrected chi connectivity index (χ0v) is 16.9. The Morgan fingerprint density at radius 2 is 1.93 bits per heavy atom. The number of carbonyl (C=O) groups excluding carboxylic acids is 1. The number of nitrogens with one attached hydrogen (secondary N) is 1. The zero-order chi connectivity index (χ0) is 20.9. The maximum Gasteiger partial charge on any atom is 0.221 e. The van der Waals surface area contributed by atoms with E-state index in [1.807, 2.05) is 66.1 Å². The van der Waals surface area contributed by atoms with Crippen LogP contribution in [-0.4, -0.2) is 21.8 Å². The highest BCUT2D eigenvalue weighted by Crippen LogP contribution is 2.29. The van der Waals surface area contributed by atoms with Gasteiger partial charge in [-0.2, -0.15) is 0 Å². The van der Waals surface area contributed by atoms with Gasteiger partial charge < -0.3 is 9.72 Å². The molecule has 152 valence electrons. The van der Waals surface area contributed by atoms with Crippen LogP contribution in [-0.2, 0) is 11.2 Å². The van der Waals surface area contributed by atoms with Crippen LogP contribution in [0.3, 0.4) is 0 Å². The lowest BCUT2D eigenvalue weighted by molar-refractivity contribution is -0.121. The monoisotopic (exact) mass is 401 g/mol. The maximum atomic E-state index is 13.9. The number of hydrogen-bond donors (Lipinski definition) is 1. The minimum absolute atomic E-state index is 0.0674. The summed E-state index contributed by atoms with van der Waals surface area (Å²) in [5.74, 6) is -0.677. The predicted octanol–water partition coefficient (Wildman–Crippen LogP) is 4.66. The van der Waals surface area contributed by atoms with E-state index in [9.17, 15) is 9.18 Å². The maximum absolute atomic E-state index is 13.9. The number of halogens is 1. The van der Waals surface area contributed by atoms with E-state index >= 15 is 0 Å². The second-order valence-corrected chi connectivity index (χ2v) is 7.51. The highest BCUT2D eigenvalue weighted by atomic mass is 19.1. The molecule has 0 saturated carbocycles. The van der Waals surface area contributed by atoms with Crippen LogP contribution in [0, 0.1) is 12.7 Å². The van der Waals surface area contributed by atoms with E-state index in [0.717, 1.165) is 28.9 Å². The van der Waals surface area contributed by atoms with Gasteiger partial charge >= 0.3 is 0 Å².